The number of rotatable bonds is 38. The van der Waals surface area contributed by atoms with Gasteiger partial charge in [-0.05, 0) is 78.3 Å². The van der Waals surface area contributed by atoms with E-state index in [0.29, 0.717) is 26.2 Å². The third-order valence-electron chi connectivity index (χ3n) is 10.4. The summed E-state index contributed by atoms with van der Waals surface area (Å²) in [5, 5.41) is 6.13. The monoisotopic (exact) mass is 746 g/mol. The van der Waals surface area contributed by atoms with Crippen molar-refractivity contribution in [2.75, 3.05) is 40.3 Å². The standard InChI is InChI=1S/C46H87N3O4/c1-5-7-9-11-13-15-17-19-21-23-25-27-29-31-33-35-39-47-44(50)37-38-46(52-42-43(53-46)41-49(3)4)45(51)48-40-36-34-32-30-28-26-24-22-20-18-16-14-12-10-8-6-2/h19-22,43H,5-18,23-42H2,1-4H3,(H,47,50)(H,48,51)/b21-19-,22-20-. The first-order chi connectivity index (χ1) is 25.9. The van der Waals surface area contributed by atoms with Crippen molar-refractivity contribution < 1.29 is 19.1 Å². The Hall–Kier alpha value is -1.70. The zero-order chi connectivity index (χ0) is 38.5. The zero-order valence-electron chi connectivity index (χ0n) is 35.5. The minimum atomic E-state index is -1.38. The molecule has 1 rings (SSSR count). The number of carbonyl (C=O) groups is 2. The average molecular weight is 746 g/mol. The van der Waals surface area contributed by atoms with Gasteiger partial charge in [0.25, 0.3) is 11.7 Å². The number of nitrogens with zero attached hydrogens (tertiary/aromatic N) is 1. The van der Waals surface area contributed by atoms with Crippen molar-refractivity contribution >= 4 is 11.8 Å². The number of likely N-dealkylation sites (N-methyl/N-ethyl adjacent to an activating group) is 1. The van der Waals surface area contributed by atoms with Gasteiger partial charge in [0.1, 0.15) is 0 Å². The summed E-state index contributed by atoms with van der Waals surface area (Å²) in [5.41, 5.74) is 0. The Labute approximate surface area is 328 Å². The van der Waals surface area contributed by atoms with Crippen LogP contribution in [-0.2, 0) is 19.1 Å². The van der Waals surface area contributed by atoms with Gasteiger partial charge in [0.05, 0.1) is 12.7 Å². The predicted octanol–water partition coefficient (Wildman–Crippen LogP) is 11.7. The van der Waals surface area contributed by atoms with Crippen LogP contribution in [0.4, 0.5) is 0 Å². The van der Waals surface area contributed by atoms with Gasteiger partial charge < -0.3 is 25.0 Å². The normalized spacial score (nSPS) is 17.5. The van der Waals surface area contributed by atoms with Crippen molar-refractivity contribution in [3.05, 3.63) is 24.3 Å². The number of ether oxygens (including phenoxy) is 2. The molecule has 1 heterocycles. The lowest BCUT2D eigenvalue weighted by Gasteiger charge is -2.27. The lowest BCUT2D eigenvalue weighted by atomic mass is 10.1. The van der Waals surface area contributed by atoms with Gasteiger partial charge in [0.2, 0.25) is 5.91 Å². The lowest BCUT2D eigenvalue weighted by molar-refractivity contribution is -0.191. The van der Waals surface area contributed by atoms with Crippen molar-refractivity contribution in [1.82, 2.24) is 15.5 Å². The van der Waals surface area contributed by atoms with E-state index < -0.39 is 5.79 Å². The molecule has 0 aromatic carbocycles. The van der Waals surface area contributed by atoms with Crippen molar-refractivity contribution in [1.29, 1.82) is 0 Å². The van der Waals surface area contributed by atoms with Crippen LogP contribution in [0.3, 0.4) is 0 Å². The minimum Gasteiger partial charge on any atom is -0.356 e. The molecular weight excluding hydrogens is 659 g/mol. The molecule has 1 aliphatic rings. The number of hydrogen-bond acceptors (Lipinski definition) is 5. The van der Waals surface area contributed by atoms with Gasteiger partial charge in [0.15, 0.2) is 0 Å². The van der Waals surface area contributed by atoms with Gasteiger partial charge in [-0.2, -0.15) is 0 Å². The summed E-state index contributed by atoms with van der Waals surface area (Å²) in [6.45, 7) is 6.86. The highest BCUT2D eigenvalue weighted by Gasteiger charge is 2.48. The first-order valence-corrected chi connectivity index (χ1v) is 22.7. The molecule has 7 nitrogen and oxygen atoms in total. The molecule has 2 unspecified atom stereocenters. The third kappa shape index (κ3) is 29.3. The fourth-order valence-electron chi connectivity index (χ4n) is 7.10. The van der Waals surface area contributed by atoms with Crippen LogP contribution in [0.2, 0.25) is 0 Å². The fourth-order valence-corrected chi connectivity index (χ4v) is 7.10. The molecule has 53 heavy (non-hydrogen) atoms. The second-order valence-electron chi connectivity index (χ2n) is 16.0. The van der Waals surface area contributed by atoms with Gasteiger partial charge in [-0.15, -0.1) is 0 Å². The number of carbonyl (C=O) groups excluding carboxylic acids is 2. The van der Waals surface area contributed by atoms with Crippen LogP contribution in [0, 0.1) is 0 Å². The SMILES string of the molecule is CCCCCCCC/C=C\CCCCCCCCNC(=O)CCC1(C(=O)NCCCCCCCC/C=C\CCCCCCCC)OCC(CN(C)C)O1. The van der Waals surface area contributed by atoms with Crippen LogP contribution in [0.25, 0.3) is 0 Å². The molecule has 0 aromatic rings. The molecule has 0 saturated carbocycles. The fraction of sp³-hybridized carbons (Fsp3) is 0.870. The highest BCUT2D eigenvalue weighted by molar-refractivity contribution is 5.85. The first kappa shape index (κ1) is 49.3. The molecule has 0 aromatic heterocycles. The molecule has 0 radical (unpaired) electrons. The largest absolute Gasteiger partial charge is 0.356 e. The molecule has 0 spiro atoms. The van der Waals surface area contributed by atoms with E-state index in [0.717, 1.165) is 25.7 Å². The molecule has 2 N–H and O–H groups in total. The summed E-state index contributed by atoms with van der Waals surface area (Å²) >= 11 is 0. The summed E-state index contributed by atoms with van der Waals surface area (Å²) in [7, 11) is 3.97. The van der Waals surface area contributed by atoms with Crippen LogP contribution in [0.1, 0.15) is 206 Å². The number of nitrogens with one attached hydrogen (secondary N) is 2. The van der Waals surface area contributed by atoms with Crippen molar-refractivity contribution in [2.24, 2.45) is 0 Å². The van der Waals surface area contributed by atoms with Crippen molar-refractivity contribution in [3.63, 3.8) is 0 Å². The Morgan fingerprint density at radius 3 is 1.42 bits per heavy atom. The van der Waals surface area contributed by atoms with Crippen LogP contribution in [0.15, 0.2) is 24.3 Å². The zero-order valence-corrected chi connectivity index (χ0v) is 35.5. The molecule has 1 saturated heterocycles. The number of unbranched alkanes of at least 4 members (excludes halogenated alkanes) is 24. The third-order valence-corrected chi connectivity index (χ3v) is 10.4. The van der Waals surface area contributed by atoms with Crippen LogP contribution >= 0.6 is 0 Å². The molecule has 310 valence electrons. The maximum atomic E-state index is 13.4. The second kappa shape index (κ2) is 36.0. The van der Waals surface area contributed by atoms with E-state index in [1.165, 1.54) is 154 Å². The molecule has 0 aliphatic carbocycles. The van der Waals surface area contributed by atoms with Gasteiger partial charge in [-0.25, -0.2) is 0 Å². The molecular formula is C46H87N3O4. The van der Waals surface area contributed by atoms with Gasteiger partial charge >= 0.3 is 0 Å². The summed E-state index contributed by atoms with van der Waals surface area (Å²) in [6.07, 6.45) is 45.2. The van der Waals surface area contributed by atoms with E-state index >= 15 is 0 Å². The number of allylic oxidation sites excluding steroid dienone is 4. The Bertz CT molecular complexity index is 907. The van der Waals surface area contributed by atoms with Crippen LogP contribution in [0.5, 0.6) is 0 Å². The first-order valence-electron chi connectivity index (χ1n) is 22.7. The topological polar surface area (TPSA) is 79.9 Å². The maximum Gasteiger partial charge on any atom is 0.280 e. The Morgan fingerprint density at radius 1 is 0.585 bits per heavy atom. The number of hydrogen-bond donors (Lipinski definition) is 2. The Kier molecular flexibility index (Phi) is 33.5. The summed E-state index contributed by atoms with van der Waals surface area (Å²) in [6, 6.07) is 0. The molecule has 0 bridgehead atoms. The van der Waals surface area contributed by atoms with Crippen molar-refractivity contribution in [3.8, 4) is 0 Å². The lowest BCUT2D eigenvalue weighted by Crippen LogP contribution is -2.49. The average Bonchev–Trinajstić information content (AvgIpc) is 3.56. The summed E-state index contributed by atoms with van der Waals surface area (Å²) in [4.78, 5) is 28.2. The predicted molar refractivity (Wildman–Crippen MR) is 226 cm³/mol. The van der Waals surface area contributed by atoms with E-state index in [-0.39, 0.29) is 30.8 Å². The van der Waals surface area contributed by atoms with E-state index in [2.05, 4.69) is 48.8 Å². The van der Waals surface area contributed by atoms with Gasteiger partial charge in [-0.1, -0.05) is 154 Å². The highest BCUT2D eigenvalue weighted by atomic mass is 16.7. The molecule has 7 heteroatoms. The van der Waals surface area contributed by atoms with E-state index in [1.54, 1.807) is 0 Å². The smallest absolute Gasteiger partial charge is 0.280 e. The second-order valence-corrected chi connectivity index (χ2v) is 16.0. The van der Waals surface area contributed by atoms with Crippen molar-refractivity contribution in [2.45, 2.75) is 218 Å². The summed E-state index contributed by atoms with van der Waals surface area (Å²) in [5.74, 6) is -1.67. The highest BCUT2D eigenvalue weighted by Crippen LogP contribution is 2.29. The molecule has 1 fully saturated rings. The molecule has 2 atom stereocenters. The Balaban J connectivity index is 2.16. The Morgan fingerprint density at radius 2 is 0.981 bits per heavy atom. The molecule has 2 amide bonds. The van der Waals surface area contributed by atoms with Crippen LogP contribution in [-0.4, -0.2) is 68.9 Å². The van der Waals surface area contributed by atoms with Crippen LogP contribution < -0.4 is 10.6 Å². The van der Waals surface area contributed by atoms with Gasteiger partial charge in [0, 0.05) is 32.5 Å². The van der Waals surface area contributed by atoms with Gasteiger partial charge in [-0.3, -0.25) is 9.59 Å². The number of amides is 2. The van der Waals surface area contributed by atoms with E-state index in [4.69, 9.17) is 9.47 Å². The van der Waals surface area contributed by atoms with E-state index in [9.17, 15) is 9.59 Å². The quantitative estimate of drug-likeness (QED) is 0.0486. The molecule has 1 aliphatic heterocycles. The minimum absolute atomic E-state index is 0.0403. The maximum absolute atomic E-state index is 13.4. The summed E-state index contributed by atoms with van der Waals surface area (Å²) < 4.78 is 12.3. The van der Waals surface area contributed by atoms with E-state index in [1.807, 2.05) is 19.0 Å².